The highest BCUT2D eigenvalue weighted by atomic mass is 35.5. The van der Waals surface area contributed by atoms with Gasteiger partial charge in [0.1, 0.15) is 16.5 Å². The molecule has 2 heterocycles. The van der Waals surface area contributed by atoms with Crippen LogP contribution in [0.4, 0.5) is 4.39 Å². The molecule has 0 atom stereocenters. The second kappa shape index (κ2) is 9.62. The zero-order chi connectivity index (χ0) is 23.6. The van der Waals surface area contributed by atoms with Gasteiger partial charge in [0.15, 0.2) is 0 Å². The second-order valence-electron chi connectivity index (χ2n) is 7.92. The van der Waals surface area contributed by atoms with Crippen molar-refractivity contribution >= 4 is 27.5 Å². The van der Waals surface area contributed by atoms with Crippen molar-refractivity contribution in [2.24, 2.45) is 0 Å². The van der Waals surface area contributed by atoms with Crippen LogP contribution in [0, 0.1) is 12.7 Å². The van der Waals surface area contributed by atoms with Crippen molar-refractivity contribution in [3.63, 3.8) is 0 Å². The lowest BCUT2D eigenvalue weighted by molar-refractivity contribution is 0.0950. The van der Waals surface area contributed by atoms with Crippen LogP contribution >= 0.6 is 11.6 Å². The molecule has 2 aromatic carbocycles. The molecule has 174 valence electrons. The molecule has 3 aromatic rings. The maximum atomic E-state index is 14.6. The van der Waals surface area contributed by atoms with E-state index >= 15 is 0 Å². The molecule has 4 rings (SSSR count). The molecule has 0 bridgehead atoms. The van der Waals surface area contributed by atoms with E-state index in [0.717, 1.165) is 19.3 Å². The van der Waals surface area contributed by atoms with E-state index in [1.54, 1.807) is 36.0 Å². The van der Waals surface area contributed by atoms with Crippen molar-refractivity contribution in [3.05, 3.63) is 76.6 Å². The summed E-state index contributed by atoms with van der Waals surface area (Å²) < 4.78 is 43.7. The van der Waals surface area contributed by atoms with Crippen LogP contribution in [-0.4, -0.2) is 41.3 Å². The number of aromatic nitrogens is 2. The summed E-state index contributed by atoms with van der Waals surface area (Å²) in [4.78, 5) is 16.7. The average molecular weight is 491 g/mol. The predicted molar refractivity (Wildman–Crippen MR) is 123 cm³/mol. The molecule has 33 heavy (non-hydrogen) atoms. The number of halogens is 2. The fraction of sp³-hybridized carbons (Fsp3) is 0.304. The molecule has 10 heteroatoms. The smallest absolute Gasteiger partial charge is 0.251 e. The first-order chi connectivity index (χ1) is 15.8. The van der Waals surface area contributed by atoms with E-state index < -0.39 is 21.7 Å². The quantitative estimate of drug-likeness (QED) is 0.564. The van der Waals surface area contributed by atoms with E-state index in [4.69, 9.17) is 11.6 Å². The Bertz CT molecular complexity index is 1290. The minimum absolute atomic E-state index is 0.0737. The van der Waals surface area contributed by atoms with E-state index in [-0.39, 0.29) is 22.0 Å². The Labute approximate surface area is 197 Å². The van der Waals surface area contributed by atoms with E-state index in [1.807, 2.05) is 0 Å². The lowest BCUT2D eigenvalue weighted by Gasteiger charge is -2.26. The Morgan fingerprint density at radius 3 is 2.58 bits per heavy atom. The molecule has 0 unspecified atom stereocenters. The number of aryl methyl sites for hydroxylation is 1. The van der Waals surface area contributed by atoms with Crippen LogP contribution in [0.5, 0.6) is 0 Å². The number of piperidine rings is 1. The summed E-state index contributed by atoms with van der Waals surface area (Å²) >= 11 is 6.18. The number of rotatable bonds is 6. The number of imidazole rings is 1. The van der Waals surface area contributed by atoms with Gasteiger partial charge in [-0.15, -0.1) is 0 Å². The highest BCUT2D eigenvalue weighted by Gasteiger charge is 2.28. The number of nitrogens with one attached hydrogen (secondary N) is 1. The van der Waals surface area contributed by atoms with Crippen molar-refractivity contribution in [3.8, 4) is 5.69 Å². The van der Waals surface area contributed by atoms with Gasteiger partial charge in [0.25, 0.3) is 5.91 Å². The topological polar surface area (TPSA) is 84.3 Å². The van der Waals surface area contributed by atoms with Gasteiger partial charge in [-0.3, -0.25) is 4.79 Å². The molecule has 1 aromatic heterocycles. The zero-order valence-electron chi connectivity index (χ0n) is 18.1. The minimum Gasteiger partial charge on any atom is -0.348 e. The molecular weight excluding hydrogens is 467 g/mol. The third kappa shape index (κ3) is 4.95. The lowest BCUT2D eigenvalue weighted by atomic mass is 10.1. The lowest BCUT2D eigenvalue weighted by Crippen LogP contribution is -2.36. The van der Waals surface area contributed by atoms with Gasteiger partial charge < -0.3 is 9.88 Å². The van der Waals surface area contributed by atoms with E-state index in [0.29, 0.717) is 30.2 Å². The average Bonchev–Trinajstić information content (AvgIpc) is 3.23. The zero-order valence-corrected chi connectivity index (χ0v) is 19.7. The van der Waals surface area contributed by atoms with Crippen molar-refractivity contribution in [1.82, 2.24) is 19.2 Å². The molecule has 1 amide bonds. The van der Waals surface area contributed by atoms with Crippen molar-refractivity contribution in [1.29, 1.82) is 0 Å². The number of amides is 1. The molecule has 7 nitrogen and oxygen atoms in total. The van der Waals surface area contributed by atoms with Crippen LogP contribution in [0.25, 0.3) is 5.69 Å². The SMILES string of the molecule is Cc1nccn1-c1ccc(CNC(=O)c2ccc(Cl)c(S(=O)(=O)N3CCCCC3)c2)cc1F. The van der Waals surface area contributed by atoms with Crippen LogP contribution < -0.4 is 5.32 Å². The van der Waals surface area contributed by atoms with Crippen molar-refractivity contribution in [2.45, 2.75) is 37.6 Å². The van der Waals surface area contributed by atoms with Gasteiger partial charge in [-0.25, -0.2) is 17.8 Å². The highest BCUT2D eigenvalue weighted by molar-refractivity contribution is 7.89. The first-order valence-electron chi connectivity index (χ1n) is 10.6. The Balaban J connectivity index is 1.49. The Morgan fingerprint density at radius 2 is 1.91 bits per heavy atom. The van der Waals surface area contributed by atoms with Crippen LogP contribution in [-0.2, 0) is 16.6 Å². The number of carbonyl (C=O) groups is 1. The molecule has 1 aliphatic rings. The van der Waals surface area contributed by atoms with E-state index in [9.17, 15) is 17.6 Å². The van der Waals surface area contributed by atoms with E-state index in [1.165, 1.54) is 28.6 Å². The Kier molecular flexibility index (Phi) is 6.83. The number of nitrogens with zero attached hydrogens (tertiary/aromatic N) is 3. The standard InChI is InChI=1S/C23H24ClFN4O3S/c1-16-26-9-12-29(16)21-8-5-17(13-20(21)25)15-27-23(30)18-6-7-19(24)22(14-18)33(31,32)28-10-3-2-4-11-28/h5-9,12-14H,2-4,10-11,15H2,1H3,(H,27,30). The van der Waals surface area contributed by atoms with Gasteiger partial charge in [0.2, 0.25) is 10.0 Å². The summed E-state index contributed by atoms with van der Waals surface area (Å²) in [5.41, 5.74) is 1.10. The van der Waals surface area contributed by atoms with Crippen molar-refractivity contribution < 1.29 is 17.6 Å². The van der Waals surface area contributed by atoms with Crippen LogP contribution in [0.15, 0.2) is 53.7 Å². The highest BCUT2D eigenvalue weighted by Crippen LogP contribution is 2.28. The Morgan fingerprint density at radius 1 is 1.15 bits per heavy atom. The maximum absolute atomic E-state index is 14.6. The Hall–Kier alpha value is -2.75. The molecule has 0 aliphatic carbocycles. The predicted octanol–water partition coefficient (Wildman–Crippen LogP) is 4.08. The van der Waals surface area contributed by atoms with Crippen LogP contribution in [0.2, 0.25) is 5.02 Å². The molecule has 1 fully saturated rings. The van der Waals surface area contributed by atoms with Crippen LogP contribution in [0.1, 0.15) is 41.0 Å². The molecule has 0 radical (unpaired) electrons. The van der Waals surface area contributed by atoms with Gasteiger partial charge in [-0.2, -0.15) is 4.31 Å². The van der Waals surface area contributed by atoms with Gasteiger partial charge in [-0.1, -0.05) is 24.1 Å². The number of sulfonamides is 1. The van der Waals surface area contributed by atoms with Gasteiger partial charge >= 0.3 is 0 Å². The third-order valence-electron chi connectivity index (χ3n) is 5.68. The number of hydrogen-bond acceptors (Lipinski definition) is 4. The monoisotopic (exact) mass is 490 g/mol. The van der Waals surface area contributed by atoms with Crippen molar-refractivity contribution in [2.75, 3.05) is 13.1 Å². The second-order valence-corrected chi connectivity index (χ2v) is 10.2. The summed E-state index contributed by atoms with van der Waals surface area (Å²) in [5.74, 6) is -0.256. The summed E-state index contributed by atoms with van der Waals surface area (Å²) in [6, 6.07) is 8.87. The molecule has 0 spiro atoms. The van der Waals surface area contributed by atoms with Gasteiger partial charge in [0, 0.05) is 37.6 Å². The first kappa shape index (κ1) is 23.4. The maximum Gasteiger partial charge on any atom is 0.251 e. The molecule has 1 saturated heterocycles. The largest absolute Gasteiger partial charge is 0.348 e. The fourth-order valence-corrected chi connectivity index (χ4v) is 5.88. The number of hydrogen-bond donors (Lipinski definition) is 1. The number of benzene rings is 2. The normalized spacial score (nSPS) is 14.9. The third-order valence-corrected chi connectivity index (χ3v) is 8.06. The van der Waals surface area contributed by atoms with Gasteiger partial charge in [0.05, 0.1) is 10.7 Å². The van der Waals surface area contributed by atoms with Gasteiger partial charge in [-0.05, 0) is 55.7 Å². The number of carbonyl (C=O) groups excluding carboxylic acids is 1. The molecule has 0 saturated carbocycles. The summed E-state index contributed by atoms with van der Waals surface area (Å²) in [6.07, 6.45) is 5.85. The first-order valence-corrected chi connectivity index (χ1v) is 12.5. The minimum atomic E-state index is -3.79. The van der Waals surface area contributed by atoms with Crippen LogP contribution in [0.3, 0.4) is 0 Å². The fourth-order valence-electron chi connectivity index (χ4n) is 3.86. The molecule has 1 aliphatic heterocycles. The summed E-state index contributed by atoms with van der Waals surface area (Å²) in [6.45, 7) is 2.74. The molecule has 1 N–H and O–H groups in total. The summed E-state index contributed by atoms with van der Waals surface area (Å²) in [7, 11) is -3.79. The molecular formula is C23H24ClFN4O3S. The van der Waals surface area contributed by atoms with E-state index in [2.05, 4.69) is 10.3 Å². The summed E-state index contributed by atoms with van der Waals surface area (Å²) in [5, 5.41) is 2.78.